The van der Waals surface area contributed by atoms with Crippen molar-refractivity contribution in [3.8, 4) is 28.0 Å². The van der Waals surface area contributed by atoms with E-state index in [1.54, 1.807) is 37.3 Å². The van der Waals surface area contributed by atoms with Crippen LogP contribution in [-0.2, 0) is 16.2 Å². The van der Waals surface area contributed by atoms with Gasteiger partial charge in [0.1, 0.15) is 12.4 Å². The summed E-state index contributed by atoms with van der Waals surface area (Å²) >= 11 is 0. The van der Waals surface area contributed by atoms with Crippen LogP contribution in [0.5, 0.6) is 5.75 Å². The van der Waals surface area contributed by atoms with Crippen LogP contribution in [-0.4, -0.2) is 25.5 Å². The van der Waals surface area contributed by atoms with Crippen LogP contribution in [0.2, 0.25) is 0 Å². The lowest BCUT2D eigenvalue weighted by atomic mass is 9.92. The fraction of sp³-hybridized carbons (Fsp3) is 0.241. The fourth-order valence-electron chi connectivity index (χ4n) is 3.63. The van der Waals surface area contributed by atoms with Gasteiger partial charge >= 0.3 is 5.97 Å². The van der Waals surface area contributed by atoms with Crippen LogP contribution >= 0.6 is 0 Å². The van der Waals surface area contributed by atoms with Crippen LogP contribution in [0, 0.1) is 0 Å². The van der Waals surface area contributed by atoms with E-state index in [-0.39, 0.29) is 0 Å². The molecule has 0 radical (unpaired) electrons. The molecule has 0 saturated heterocycles. The van der Waals surface area contributed by atoms with Crippen LogP contribution < -0.4 is 4.74 Å². The summed E-state index contributed by atoms with van der Waals surface area (Å²) in [6, 6.07) is 18.4. The molecule has 0 fully saturated rings. The fourth-order valence-corrected chi connectivity index (χ4v) is 3.63. The Morgan fingerprint density at radius 3 is 2.44 bits per heavy atom. The molecule has 0 amide bonds. The molecule has 0 unspecified atom stereocenters. The number of benzene rings is 3. The summed E-state index contributed by atoms with van der Waals surface area (Å²) < 4.78 is 24.0. The summed E-state index contributed by atoms with van der Waals surface area (Å²) in [4.78, 5) is 23.8. The molecular formula is C29H29FO4. The first-order valence-corrected chi connectivity index (χ1v) is 11.5. The molecule has 5 heteroatoms. The van der Waals surface area contributed by atoms with E-state index in [9.17, 15) is 14.0 Å². The Bertz CT molecular complexity index is 1170. The van der Waals surface area contributed by atoms with Crippen molar-refractivity contribution in [3.05, 3.63) is 83.4 Å². The molecule has 0 N–H and O–H groups in total. The Labute approximate surface area is 200 Å². The number of hydrogen-bond donors (Lipinski definition) is 0. The summed E-state index contributed by atoms with van der Waals surface area (Å²) in [6.45, 7) is 4.20. The van der Waals surface area contributed by atoms with Crippen LogP contribution in [0.15, 0.2) is 66.7 Å². The highest BCUT2D eigenvalue weighted by Crippen LogP contribution is 2.33. The number of hydrogen-bond acceptors (Lipinski definition) is 4. The molecule has 176 valence electrons. The van der Waals surface area contributed by atoms with E-state index in [4.69, 9.17) is 9.47 Å². The zero-order valence-corrected chi connectivity index (χ0v) is 19.6. The lowest BCUT2D eigenvalue weighted by Gasteiger charge is -2.13. The second kappa shape index (κ2) is 12.5. The van der Waals surface area contributed by atoms with Gasteiger partial charge < -0.3 is 9.47 Å². The van der Waals surface area contributed by atoms with Crippen LogP contribution in [0.3, 0.4) is 0 Å². The number of rotatable bonds is 11. The van der Waals surface area contributed by atoms with Crippen molar-refractivity contribution in [2.45, 2.75) is 33.4 Å². The quantitative estimate of drug-likeness (QED) is 0.133. The number of alkyl halides is 1. The van der Waals surface area contributed by atoms with Gasteiger partial charge in [0.05, 0.1) is 13.2 Å². The lowest BCUT2D eigenvalue weighted by Crippen LogP contribution is -1.99. The van der Waals surface area contributed by atoms with Gasteiger partial charge in [0, 0.05) is 11.6 Å². The Kier molecular flexibility index (Phi) is 9.15. The molecular weight excluding hydrogens is 431 g/mol. The van der Waals surface area contributed by atoms with Gasteiger partial charge in [0.2, 0.25) is 0 Å². The predicted octanol–water partition coefficient (Wildman–Crippen LogP) is 7.06. The van der Waals surface area contributed by atoms with Crippen molar-refractivity contribution >= 4 is 18.3 Å². The highest BCUT2D eigenvalue weighted by atomic mass is 19.1. The maximum Gasteiger partial charge on any atom is 0.330 e. The highest BCUT2D eigenvalue weighted by Gasteiger charge is 2.11. The zero-order chi connectivity index (χ0) is 24.3. The summed E-state index contributed by atoms with van der Waals surface area (Å²) in [6.07, 6.45) is 5.86. The Morgan fingerprint density at radius 1 is 0.941 bits per heavy atom. The molecule has 34 heavy (non-hydrogen) atoms. The van der Waals surface area contributed by atoms with Crippen LogP contribution in [0.25, 0.3) is 28.3 Å². The Hall–Kier alpha value is -3.73. The van der Waals surface area contributed by atoms with Crippen molar-refractivity contribution < 1.29 is 23.5 Å². The van der Waals surface area contributed by atoms with Gasteiger partial charge in [0.15, 0.2) is 6.29 Å². The van der Waals surface area contributed by atoms with E-state index in [0.717, 1.165) is 46.9 Å². The molecule has 4 nitrogen and oxygen atoms in total. The van der Waals surface area contributed by atoms with Gasteiger partial charge in [-0.15, -0.1) is 0 Å². The topological polar surface area (TPSA) is 52.6 Å². The SMILES string of the molecule is CCCCOc1ccc(-c2ccc(-c3cccc(CF)c3)c(C=O)c2)c(/C=C/C(=O)OCC)c1. The zero-order valence-electron chi connectivity index (χ0n) is 19.6. The number of halogens is 1. The molecule has 0 saturated carbocycles. The van der Waals surface area contributed by atoms with Gasteiger partial charge in [-0.1, -0.05) is 49.7 Å². The van der Waals surface area contributed by atoms with Crippen molar-refractivity contribution in [1.29, 1.82) is 0 Å². The summed E-state index contributed by atoms with van der Waals surface area (Å²) in [5.41, 5.74) is 5.00. The molecule has 0 heterocycles. The summed E-state index contributed by atoms with van der Waals surface area (Å²) in [7, 11) is 0. The van der Waals surface area contributed by atoms with E-state index >= 15 is 0 Å². The van der Waals surface area contributed by atoms with Crippen molar-refractivity contribution in [2.75, 3.05) is 13.2 Å². The van der Waals surface area contributed by atoms with E-state index in [1.807, 2.05) is 36.4 Å². The number of aldehydes is 1. The predicted molar refractivity (Wildman–Crippen MR) is 134 cm³/mol. The normalized spacial score (nSPS) is 10.9. The minimum absolute atomic E-state index is 0.296. The molecule has 0 bridgehead atoms. The number of ether oxygens (including phenoxy) is 2. The molecule has 3 aromatic carbocycles. The van der Waals surface area contributed by atoms with Crippen molar-refractivity contribution in [1.82, 2.24) is 0 Å². The molecule has 0 atom stereocenters. The third-order valence-corrected chi connectivity index (χ3v) is 5.36. The monoisotopic (exact) mass is 460 g/mol. The third kappa shape index (κ3) is 6.41. The molecule has 0 spiro atoms. The maximum absolute atomic E-state index is 13.1. The highest BCUT2D eigenvalue weighted by molar-refractivity contribution is 5.93. The van der Waals surface area contributed by atoms with Crippen LogP contribution in [0.1, 0.15) is 48.2 Å². The first-order valence-electron chi connectivity index (χ1n) is 11.5. The molecule has 0 aromatic heterocycles. The average Bonchev–Trinajstić information content (AvgIpc) is 2.87. The minimum Gasteiger partial charge on any atom is -0.494 e. The summed E-state index contributed by atoms with van der Waals surface area (Å²) in [5.74, 6) is 0.276. The summed E-state index contributed by atoms with van der Waals surface area (Å²) in [5, 5.41) is 0. The molecule has 0 aliphatic carbocycles. The Balaban J connectivity index is 2.02. The van der Waals surface area contributed by atoms with Gasteiger partial charge in [-0.25, -0.2) is 9.18 Å². The number of carbonyl (C=O) groups excluding carboxylic acids is 2. The van der Waals surface area contributed by atoms with Crippen molar-refractivity contribution in [2.24, 2.45) is 0 Å². The molecule has 3 aromatic rings. The smallest absolute Gasteiger partial charge is 0.330 e. The molecule has 0 aliphatic rings. The molecule has 0 aliphatic heterocycles. The standard InChI is InChI=1S/C29H29FO4/c1-3-5-15-34-26-11-13-27(24(18-26)10-14-29(32)33-4-2)23-9-12-28(25(17-23)20-31)22-8-6-7-21(16-22)19-30/h6-14,16-18,20H,3-5,15,19H2,1-2H3/b14-10+. The average molecular weight is 461 g/mol. The van der Waals surface area contributed by atoms with Gasteiger partial charge in [-0.2, -0.15) is 0 Å². The molecule has 3 rings (SSSR count). The second-order valence-electron chi connectivity index (χ2n) is 7.79. The van der Waals surface area contributed by atoms with E-state index < -0.39 is 12.6 Å². The van der Waals surface area contributed by atoms with E-state index in [1.165, 1.54) is 6.08 Å². The maximum atomic E-state index is 13.1. The lowest BCUT2D eigenvalue weighted by molar-refractivity contribution is -0.137. The van der Waals surface area contributed by atoms with E-state index in [0.29, 0.717) is 30.1 Å². The van der Waals surface area contributed by atoms with Crippen LogP contribution in [0.4, 0.5) is 4.39 Å². The van der Waals surface area contributed by atoms with Gasteiger partial charge in [-0.3, -0.25) is 4.79 Å². The third-order valence-electron chi connectivity index (χ3n) is 5.36. The first kappa shape index (κ1) is 24.9. The van der Waals surface area contributed by atoms with E-state index in [2.05, 4.69) is 6.92 Å². The largest absolute Gasteiger partial charge is 0.494 e. The Morgan fingerprint density at radius 2 is 1.71 bits per heavy atom. The number of unbranched alkanes of at least 4 members (excludes halogenated alkanes) is 1. The van der Waals surface area contributed by atoms with Crippen molar-refractivity contribution in [3.63, 3.8) is 0 Å². The number of carbonyl (C=O) groups is 2. The van der Waals surface area contributed by atoms with Gasteiger partial charge in [-0.05, 0) is 77.1 Å². The minimum atomic E-state index is -0.564. The second-order valence-corrected chi connectivity index (χ2v) is 7.79. The van der Waals surface area contributed by atoms with Gasteiger partial charge in [0.25, 0.3) is 0 Å². The first-order chi connectivity index (χ1) is 16.6. The number of esters is 1.